The van der Waals surface area contributed by atoms with E-state index < -0.39 is 0 Å². The number of benzene rings is 8. The molecule has 2 aliphatic rings. The minimum Gasteiger partial charge on any atom is -0.310 e. The molecule has 12 rings (SSSR count). The van der Waals surface area contributed by atoms with Gasteiger partial charge in [0.15, 0.2) is 0 Å². The number of hydrogen-bond donors (Lipinski definition) is 0. The lowest BCUT2D eigenvalue weighted by Crippen LogP contribution is -2.00. The molecule has 264 valence electrons. The Balaban J connectivity index is 0.926. The molecular weight excluding hydrogens is 677 g/mol. The van der Waals surface area contributed by atoms with E-state index in [2.05, 4.69) is 191 Å². The molecule has 0 fully saturated rings. The van der Waals surface area contributed by atoms with Crippen molar-refractivity contribution in [3.05, 3.63) is 192 Å². The number of aryl methyl sites for hydroxylation is 2. The van der Waals surface area contributed by atoms with Crippen LogP contribution in [0.1, 0.15) is 35.4 Å². The fourth-order valence-corrected chi connectivity index (χ4v) is 9.85. The van der Waals surface area contributed by atoms with Gasteiger partial charge in [0.2, 0.25) is 0 Å². The minimum absolute atomic E-state index is 1.09. The molecular formula is C54H38N2. The van der Waals surface area contributed by atoms with Gasteiger partial charge in [0.25, 0.3) is 0 Å². The third-order valence-corrected chi connectivity index (χ3v) is 12.5. The highest BCUT2D eigenvalue weighted by molar-refractivity contribution is 6.26. The van der Waals surface area contributed by atoms with Crippen LogP contribution in [-0.4, -0.2) is 9.13 Å². The molecule has 0 atom stereocenters. The van der Waals surface area contributed by atoms with Gasteiger partial charge < -0.3 is 9.13 Å². The van der Waals surface area contributed by atoms with E-state index in [0.717, 1.165) is 25.7 Å². The molecule has 2 heterocycles. The number of rotatable bonds is 4. The van der Waals surface area contributed by atoms with Crippen LogP contribution < -0.4 is 0 Å². The Bertz CT molecular complexity index is 3030. The lowest BCUT2D eigenvalue weighted by molar-refractivity contribution is 0.967. The van der Waals surface area contributed by atoms with Gasteiger partial charge in [-0.1, -0.05) is 121 Å². The second-order valence-corrected chi connectivity index (χ2v) is 15.5. The molecule has 10 aromatic rings. The van der Waals surface area contributed by atoms with Crippen LogP contribution in [0.25, 0.3) is 99.9 Å². The van der Waals surface area contributed by atoms with Gasteiger partial charge in [0, 0.05) is 33.5 Å². The van der Waals surface area contributed by atoms with Crippen LogP contribution in [0.3, 0.4) is 0 Å². The summed E-state index contributed by atoms with van der Waals surface area (Å²) in [6.07, 6.45) is 13.6. The molecule has 2 heteroatoms. The Labute approximate surface area is 325 Å². The van der Waals surface area contributed by atoms with Crippen molar-refractivity contribution in [3.63, 3.8) is 0 Å². The average molecular weight is 715 g/mol. The molecule has 2 aliphatic carbocycles. The van der Waals surface area contributed by atoms with Gasteiger partial charge in [-0.05, 0) is 152 Å². The zero-order chi connectivity index (χ0) is 36.7. The highest BCUT2D eigenvalue weighted by Crippen LogP contribution is 2.40. The predicted molar refractivity (Wildman–Crippen MR) is 238 cm³/mol. The molecule has 0 saturated heterocycles. The third-order valence-electron chi connectivity index (χ3n) is 12.5. The molecule has 0 N–H and O–H groups in total. The Morgan fingerprint density at radius 1 is 0.321 bits per heavy atom. The topological polar surface area (TPSA) is 9.86 Å². The fourth-order valence-electron chi connectivity index (χ4n) is 9.85. The van der Waals surface area contributed by atoms with E-state index in [1.165, 1.54) is 110 Å². The number of hydrogen-bond acceptors (Lipinski definition) is 0. The summed E-state index contributed by atoms with van der Waals surface area (Å²) in [4.78, 5) is 0. The second kappa shape index (κ2) is 12.3. The van der Waals surface area contributed by atoms with Crippen LogP contribution in [-0.2, 0) is 12.8 Å². The van der Waals surface area contributed by atoms with Crippen LogP contribution in [0, 0.1) is 0 Å². The van der Waals surface area contributed by atoms with Crippen LogP contribution in [0.2, 0.25) is 0 Å². The smallest absolute Gasteiger partial charge is 0.0537 e. The summed E-state index contributed by atoms with van der Waals surface area (Å²) in [6, 6.07) is 58.9. The van der Waals surface area contributed by atoms with Crippen molar-refractivity contribution in [2.75, 3.05) is 0 Å². The molecule has 0 bridgehead atoms. The average Bonchev–Trinajstić information content (AvgIpc) is 3.79. The van der Waals surface area contributed by atoms with E-state index in [4.69, 9.17) is 0 Å². The van der Waals surface area contributed by atoms with Crippen molar-refractivity contribution < 1.29 is 0 Å². The molecule has 0 amide bonds. The quantitative estimate of drug-likeness (QED) is 0.161. The van der Waals surface area contributed by atoms with Crippen molar-refractivity contribution in [2.45, 2.75) is 25.7 Å². The number of aromatic nitrogens is 2. The summed E-state index contributed by atoms with van der Waals surface area (Å²) in [7, 11) is 0. The number of fused-ring (bicyclic) bond motifs is 12. The van der Waals surface area contributed by atoms with Crippen LogP contribution in [0.4, 0.5) is 0 Å². The van der Waals surface area contributed by atoms with Crippen LogP contribution in [0.5, 0.6) is 0 Å². The van der Waals surface area contributed by atoms with Gasteiger partial charge in [-0.2, -0.15) is 0 Å². The third kappa shape index (κ3) is 4.69. The standard InChI is InChI=1S/C54H38N2/c1-2-12-42-41(11-1)49-33-37(35-21-27-39(28-22-35)55-51-17-7-3-13-45(51)46-14-4-8-18-52(46)55)25-31-43(49)44-32-26-38(34-50(42)44)36-23-29-40(30-24-36)56-53-19-9-5-15-47(53)48-16-6-10-20-54(48)56/h1-3,5,7-13,15,17-34H,4,6,14,16H2. The van der Waals surface area contributed by atoms with Crippen molar-refractivity contribution in [3.8, 4) is 33.6 Å². The summed E-state index contributed by atoms with van der Waals surface area (Å²) in [5.74, 6) is 0. The number of nitrogens with zero attached hydrogens (tertiary/aromatic N) is 2. The summed E-state index contributed by atoms with van der Waals surface area (Å²) >= 11 is 0. The highest BCUT2D eigenvalue weighted by atomic mass is 15.0. The normalized spacial score (nSPS) is 13.6. The summed E-state index contributed by atoms with van der Waals surface area (Å²) in [6.45, 7) is 0. The van der Waals surface area contributed by atoms with E-state index in [9.17, 15) is 0 Å². The van der Waals surface area contributed by atoms with Gasteiger partial charge in [-0.15, -0.1) is 0 Å². The molecule has 0 radical (unpaired) electrons. The zero-order valence-corrected chi connectivity index (χ0v) is 31.0. The first-order chi connectivity index (χ1) is 27.8. The molecule has 0 aliphatic heterocycles. The fraction of sp³-hybridized carbons (Fsp3) is 0.0741. The van der Waals surface area contributed by atoms with Crippen molar-refractivity contribution >= 4 is 66.3 Å². The van der Waals surface area contributed by atoms with Crippen molar-refractivity contribution in [1.29, 1.82) is 0 Å². The molecule has 2 aromatic heterocycles. The van der Waals surface area contributed by atoms with Crippen molar-refractivity contribution in [1.82, 2.24) is 9.13 Å². The number of allylic oxidation sites excluding steroid dienone is 2. The van der Waals surface area contributed by atoms with Gasteiger partial charge >= 0.3 is 0 Å². The summed E-state index contributed by atoms with van der Waals surface area (Å²) in [5, 5.41) is 10.5. The number of para-hydroxylation sites is 2. The van der Waals surface area contributed by atoms with E-state index in [1.807, 2.05) is 0 Å². The summed E-state index contributed by atoms with van der Waals surface area (Å²) < 4.78 is 4.86. The zero-order valence-electron chi connectivity index (χ0n) is 31.0. The largest absolute Gasteiger partial charge is 0.310 e. The second-order valence-electron chi connectivity index (χ2n) is 15.5. The lowest BCUT2D eigenvalue weighted by Gasteiger charge is -2.15. The van der Waals surface area contributed by atoms with E-state index in [-0.39, 0.29) is 0 Å². The Hall–Kier alpha value is -6.90. The van der Waals surface area contributed by atoms with Gasteiger partial charge in [-0.3, -0.25) is 0 Å². The molecule has 2 nitrogen and oxygen atoms in total. The molecule has 56 heavy (non-hydrogen) atoms. The molecule has 0 spiro atoms. The summed E-state index contributed by atoms with van der Waals surface area (Å²) in [5.41, 5.74) is 15.4. The highest BCUT2D eigenvalue weighted by Gasteiger charge is 2.20. The first kappa shape index (κ1) is 31.5. The first-order valence-corrected chi connectivity index (χ1v) is 20.0. The monoisotopic (exact) mass is 714 g/mol. The van der Waals surface area contributed by atoms with Crippen LogP contribution >= 0.6 is 0 Å². The van der Waals surface area contributed by atoms with Crippen molar-refractivity contribution in [2.24, 2.45) is 0 Å². The maximum Gasteiger partial charge on any atom is 0.0537 e. The first-order valence-electron chi connectivity index (χ1n) is 20.0. The predicted octanol–water partition coefficient (Wildman–Crippen LogP) is 14.3. The Morgan fingerprint density at radius 2 is 0.696 bits per heavy atom. The van der Waals surface area contributed by atoms with Gasteiger partial charge in [0.05, 0.1) is 11.0 Å². The van der Waals surface area contributed by atoms with Gasteiger partial charge in [-0.25, -0.2) is 0 Å². The maximum absolute atomic E-state index is 2.43. The van der Waals surface area contributed by atoms with E-state index >= 15 is 0 Å². The Morgan fingerprint density at radius 3 is 1.14 bits per heavy atom. The molecule has 0 unspecified atom stereocenters. The SMILES string of the molecule is C1=Cc2c(c3ccccc3n2-c2ccc(-c3ccc4c5ccc(-c6ccc(-n7c8c(c9ccccc97)CCC=C8)cc6)cc5c5ccccc5c4c3)cc2)CC1. The minimum atomic E-state index is 1.09. The molecule has 8 aromatic carbocycles. The van der Waals surface area contributed by atoms with Gasteiger partial charge in [0.1, 0.15) is 0 Å². The van der Waals surface area contributed by atoms with Crippen LogP contribution in [0.15, 0.2) is 170 Å². The van der Waals surface area contributed by atoms with E-state index in [0.29, 0.717) is 0 Å². The lowest BCUT2D eigenvalue weighted by atomic mass is 9.90. The van der Waals surface area contributed by atoms with E-state index in [1.54, 1.807) is 0 Å². The maximum atomic E-state index is 2.43. The molecule has 0 saturated carbocycles. The Kier molecular flexibility index (Phi) is 6.91.